The van der Waals surface area contributed by atoms with E-state index in [0.717, 1.165) is 15.7 Å². The maximum atomic E-state index is 4.25. The van der Waals surface area contributed by atoms with Crippen LogP contribution in [0.25, 0.3) is 11.3 Å². The smallest absolute Gasteiger partial charge is 0.0719 e. The summed E-state index contributed by atoms with van der Waals surface area (Å²) in [5, 5.41) is 0. The van der Waals surface area contributed by atoms with Crippen molar-refractivity contribution in [1.29, 1.82) is 0 Å². The molecule has 1 aromatic heterocycles. The minimum atomic E-state index is 0.940. The van der Waals surface area contributed by atoms with E-state index < -0.39 is 0 Å². The highest BCUT2D eigenvalue weighted by Gasteiger charge is 2.01. The van der Waals surface area contributed by atoms with Crippen LogP contribution in [0.15, 0.2) is 47.1 Å². The molecule has 0 atom stereocenters. The van der Waals surface area contributed by atoms with Gasteiger partial charge in [-0.2, -0.15) is 0 Å². The third-order valence-electron chi connectivity index (χ3n) is 1.73. The lowest BCUT2D eigenvalue weighted by Crippen LogP contribution is -1.82. The third kappa shape index (κ3) is 1.78. The largest absolute Gasteiger partial charge is 0.256 e. The molecule has 0 bridgehead atoms. The van der Waals surface area contributed by atoms with Crippen molar-refractivity contribution in [2.24, 2.45) is 0 Å². The fourth-order valence-corrected chi connectivity index (χ4v) is 1.59. The third-order valence-corrected chi connectivity index (χ3v) is 2.39. The average Bonchev–Trinajstić information content (AvgIpc) is 2.20. The summed E-state index contributed by atoms with van der Waals surface area (Å²) >= 11 is 3.46. The molecule has 1 radical (unpaired) electrons. The Morgan fingerprint density at radius 3 is 2.77 bits per heavy atom. The predicted molar refractivity (Wildman–Crippen MR) is 56.2 cm³/mol. The summed E-state index contributed by atoms with van der Waals surface area (Å²) in [6, 6.07) is 14.8. The van der Waals surface area contributed by atoms with Gasteiger partial charge in [-0.1, -0.05) is 34.1 Å². The maximum Gasteiger partial charge on any atom is 0.0719 e. The summed E-state index contributed by atoms with van der Waals surface area (Å²) in [7, 11) is 0. The average molecular weight is 233 g/mol. The molecule has 13 heavy (non-hydrogen) atoms. The molecule has 1 heterocycles. The Kier molecular flexibility index (Phi) is 2.41. The molecule has 0 aliphatic carbocycles. The summed E-state index contributed by atoms with van der Waals surface area (Å²) in [6.45, 7) is 0. The van der Waals surface area contributed by atoms with E-state index in [9.17, 15) is 0 Å². The SMILES string of the molecule is Brc1ccc[c]c1-c1ccccn1. The van der Waals surface area contributed by atoms with Gasteiger partial charge in [0.1, 0.15) is 0 Å². The zero-order valence-corrected chi connectivity index (χ0v) is 8.45. The maximum absolute atomic E-state index is 4.25. The van der Waals surface area contributed by atoms with Crippen molar-refractivity contribution < 1.29 is 0 Å². The fourth-order valence-electron chi connectivity index (χ4n) is 1.12. The van der Waals surface area contributed by atoms with Gasteiger partial charge in [-0.05, 0) is 24.3 Å². The summed E-state index contributed by atoms with van der Waals surface area (Å²) in [6.07, 6.45) is 1.78. The second-order valence-electron chi connectivity index (χ2n) is 2.61. The van der Waals surface area contributed by atoms with E-state index in [1.54, 1.807) is 6.20 Å². The Morgan fingerprint density at radius 2 is 2.08 bits per heavy atom. The highest BCUT2D eigenvalue weighted by Crippen LogP contribution is 2.24. The Balaban J connectivity index is 2.54. The van der Waals surface area contributed by atoms with Crippen LogP contribution in [0.1, 0.15) is 0 Å². The zero-order valence-electron chi connectivity index (χ0n) is 6.87. The van der Waals surface area contributed by atoms with Gasteiger partial charge in [0.25, 0.3) is 0 Å². The molecule has 1 aromatic carbocycles. The normalized spacial score (nSPS) is 9.92. The first-order valence-electron chi connectivity index (χ1n) is 3.95. The molecular formula is C11H7BrN. The zero-order chi connectivity index (χ0) is 9.10. The van der Waals surface area contributed by atoms with Crippen LogP contribution in [-0.4, -0.2) is 4.98 Å². The lowest BCUT2D eigenvalue weighted by Gasteiger charge is -2.01. The number of halogens is 1. The molecular weight excluding hydrogens is 226 g/mol. The van der Waals surface area contributed by atoms with Crippen molar-refractivity contribution in [2.75, 3.05) is 0 Å². The minimum Gasteiger partial charge on any atom is -0.256 e. The van der Waals surface area contributed by atoms with Gasteiger partial charge >= 0.3 is 0 Å². The van der Waals surface area contributed by atoms with Crippen LogP contribution in [0.5, 0.6) is 0 Å². The second kappa shape index (κ2) is 3.71. The van der Waals surface area contributed by atoms with E-state index in [0.29, 0.717) is 0 Å². The molecule has 0 saturated heterocycles. The van der Waals surface area contributed by atoms with Gasteiger partial charge in [-0.3, -0.25) is 4.98 Å². The van der Waals surface area contributed by atoms with E-state index in [1.807, 2.05) is 36.4 Å². The Hall–Kier alpha value is -1.15. The number of pyridine rings is 1. The van der Waals surface area contributed by atoms with Gasteiger partial charge in [-0.25, -0.2) is 0 Å². The number of rotatable bonds is 1. The summed E-state index contributed by atoms with van der Waals surface area (Å²) in [4.78, 5) is 4.25. The number of hydrogen-bond acceptors (Lipinski definition) is 1. The topological polar surface area (TPSA) is 12.9 Å². The standard InChI is InChI=1S/C11H7BrN/c12-10-6-2-1-5-9(10)11-7-3-4-8-13-11/h1-4,6-8H. The van der Waals surface area contributed by atoms with Crippen LogP contribution < -0.4 is 0 Å². The van der Waals surface area contributed by atoms with E-state index in [-0.39, 0.29) is 0 Å². The second-order valence-corrected chi connectivity index (χ2v) is 3.46. The predicted octanol–water partition coefficient (Wildman–Crippen LogP) is 3.31. The molecule has 0 spiro atoms. The first-order chi connectivity index (χ1) is 6.38. The summed E-state index contributed by atoms with van der Waals surface area (Å²) in [5.74, 6) is 0. The van der Waals surface area contributed by atoms with Crippen LogP contribution in [0, 0.1) is 6.07 Å². The van der Waals surface area contributed by atoms with Crippen molar-refractivity contribution in [1.82, 2.24) is 4.98 Å². The number of hydrogen-bond donors (Lipinski definition) is 0. The molecule has 0 amide bonds. The minimum absolute atomic E-state index is 0.940. The molecule has 2 aromatic rings. The van der Waals surface area contributed by atoms with Crippen molar-refractivity contribution in [2.45, 2.75) is 0 Å². The number of nitrogens with zero attached hydrogens (tertiary/aromatic N) is 1. The quantitative estimate of drug-likeness (QED) is 0.736. The van der Waals surface area contributed by atoms with Gasteiger partial charge in [0.05, 0.1) is 5.69 Å². The van der Waals surface area contributed by atoms with Gasteiger partial charge in [0.15, 0.2) is 0 Å². The molecule has 0 saturated carbocycles. The monoisotopic (exact) mass is 232 g/mol. The Morgan fingerprint density at radius 1 is 1.15 bits per heavy atom. The molecule has 0 fully saturated rings. The molecule has 0 aliphatic rings. The molecule has 2 rings (SSSR count). The lowest BCUT2D eigenvalue weighted by molar-refractivity contribution is 1.32. The van der Waals surface area contributed by atoms with Crippen LogP contribution in [0.3, 0.4) is 0 Å². The highest BCUT2D eigenvalue weighted by atomic mass is 79.9. The first kappa shape index (κ1) is 8.45. The van der Waals surface area contributed by atoms with E-state index >= 15 is 0 Å². The lowest BCUT2D eigenvalue weighted by atomic mass is 10.1. The van der Waals surface area contributed by atoms with Crippen LogP contribution in [0.4, 0.5) is 0 Å². The highest BCUT2D eigenvalue weighted by molar-refractivity contribution is 9.10. The van der Waals surface area contributed by atoms with Gasteiger partial charge in [0.2, 0.25) is 0 Å². The van der Waals surface area contributed by atoms with Gasteiger partial charge in [0, 0.05) is 16.2 Å². The van der Waals surface area contributed by atoms with Crippen molar-refractivity contribution in [3.05, 3.63) is 53.1 Å². The molecule has 1 nitrogen and oxygen atoms in total. The fraction of sp³-hybridized carbons (Fsp3) is 0. The number of aromatic nitrogens is 1. The van der Waals surface area contributed by atoms with E-state index in [1.165, 1.54) is 0 Å². The Labute approximate surface area is 85.6 Å². The number of benzene rings is 1. The van der Waals surface area contributed by atoms with Crippen LogP contribution in [0.2, 0.25) is 0 Å². The molecule has 0 N–H and O–H groups in total. The van der Waals surface area contributed by atoms with Crippen molar-refractivity contribution in [3.63, 3.8) is 0 Å². The Bertz CT molecular complexity index is 398. The molecule has 2 heteroatoms. The van der Waals surface area contributed by atoms with Crippen molar-refractivity contribution >= 4 is 15.9 Å². The van der Waals surface area contributed by atoms with Crippen LogP contribution in [-0.2, 0) is 0 Å². The first-order valence-corrected chi connectivity index (χ1v) is 4.75. The van der Waals surface area contributed by atoms with Gasteiger partial charge in [-0.15, -0.1) is 0 Å². The molecule has 0 unspecified atom stereocenters. The molecule has 0 aliphatic heterocycles. The van der Waals surface area contributed by atoms with Gasteiger partial charge < -0.3 is 0 Å². The molecule has 63 valence electrons. The van der Waals surface area contributed by atoms with Crippen LogP contribution >= 0.6 is 15.9 Å². The van der Waals surface area contributed by atoms with E-state index in [4.69, 9.17) is 0 Å². The summed E-state index contributed by atoms with van der Waals surface area (Å²) < 4.78 is 1.02. The summed E-state index contributed by atoms with van der Waals surface area (Å²) in [5.41, 5.74) is 1.94. The van der Waals surface area contributed by atoms with Crippen molar-refractivity contribution in [3.8, 4) is 11.3 Å². The van der Waals surface area contributed by atoms with E-state index in [2.05, 4.69) is 27.0 Å².